The second-order valence-corrected chi connectivity index (χ2v) is 4.32. The Morgan fingerprint density at radius 3 is 2.50 bits per heavy atom. The molecule has 0 aromatic heterocycles. The van der Waals surface area contributed by atoms with Crippen molar-refractivity contribution >= 4 is 0 Å². The van der Waals surface area contributed by atoms with E-state index >= 15 is 0 Å². The second-order valence-electron chi connectivity index (χ2n) is 4.32. The summed E-state index contributed by atoms with van der Waals surface area (Å²) in [6.45, 7) is 6.55. The topological polar surface area (TPSA) is 60.0 Å². The molecular weight excluding hydrogens is 210 g/mol. The molecule has 98 valence electrons. The minimum atomic E-state index is -0.496. The summed E-state index contributed by atoms with van der Waals surface area (Å²) in [6, 6.07) is 0. The van der Waals surface area contributed by atoms with Crippen molar-refractivity contribution in [3.8, 4) is 0 Å². The summed E-state index contributed by atoms with van der Waals surface area (Å²) in [7, 11) is 3.29. The predicted molar refractivity (Wildman–Crippen MR) is 62.7 cm³/mol. The minimum absolute atomic E-state index is 0.212. The molecule has 0 aromatic carbocycles. The normalized spacial score (nSPS) is 14.1. The van der Waals surface area contributed by atoms with Crippen LogP contribution in [0.3, 0.4) is 0 Å². The van der Waals surface area contributed by atoms with Crippen LogP contribution in [0.25, 0.3) is 0 Å². The van der Waals surface area contributed by atoms with Crippen LogP contribution in [-0.4, -0.2) is 63.9 Å². The molecule has 0 aliphatic heterocycles. The van der Waals surface area contributed by atoms with Crippen LogP contribution in [-0.2, 0) is 14.2 Å². The van der Waals surface area contributed by atoms with Crippen LogP contribution in [0.5, 0.6) is 0 Å². The van der Waals surface area contributed by atoms with Gasteiger partial charge < -0.3 is 24.6 Å². The molecule has 0 aromatic rings. The van der Waals surface area contributed by atoms with Gasteiger partial charge in [-0.25, -0.2) is 0 Å². The monoisotopic (exact) mass is 235 g/mol. The fraction of sp³-hybridized carbons (Fsp3) is 1.00. The maximum absolute atomic E-state index is 9.55. The molecule has 0 radical (unpaired) electrons. The van der Waals surface area contributed by atoms with E-state index in [9.17, 15) is 5.11 Å². The highest BCUT2D eigenvalue weighted by Gasteiger charge is 2.16. The molecule has 0 fully saturated rings. The van der Waals surface area contributed by atoms with Crippen LogP contribution >= 0.6 is 0 Å². The molecule has 1 unspecified atom stereocenters. The molecule has 5 nitrogen and oxygen atoms in total. The lowest BCUT2D eigenvalue weighted by Crippen LogP contribution is -2.41. The first-order valence-corrected chi connectivity index (χ1v) is 5.52. The molecule has 0 amide bonds. The van der Waals surface area contributed by atoms with Gasteiger partial charge in [0.25, 0.3) is 0 Å². The summed E-state index contributed by atoms with van der Waals surface area (Å²) in [5.41, 5.74) is -0.212. The Balaban J connectivity index is 3.40. The highest BCUT2D eigenvalue weighted by Crippen LogP contribution is 2.04. The number of aliphatic hydroxyl groups is 1. The first-order chi connectivity index (χ1) is 7.52. The third-order valence-electron chi connectivity index (χ3n) is 2.23. The molecule has 0 saturated heterocycles. The van der Waals surface area contributed by atoms with Crippen molar-refractivity contribution in [2.24, 2.45) is 0 Å². The standard InChI is InChI=1S/C11H25NO4/c1-11(2,15-4)9-12-7-10(13)8-16-6-5-14-3/h10,12-13H,5-9H2,1-4H3. The molecule has 5 heteroatoms. The summed E-state index contributed by atoms with van der Waals surface area (Å²) < 4.78 is 15.3. The lowest BCUT2D eigenvalue weighted by Gasteiger charge is -2.24. The van der Waals surface area contributed by atoms with Crippen molar-refractivity contribution < 1.29 is 19.3 Å². The lowest BCUT2D eigenvalue weighted by molar-refractivity contribution is 0.00325. The maximum Gasteiger partial charge on any atom is 0.0897 e. The molecule has 1 atom stereocenters. The van der Waals surface area contributed by atoms with E-state index < -0.39 is 6.10 Å². The smallest absolute Gasteiger partial charge is 0.0897 e. The molecular formula is C11H25NO4. The van der Waals surface area contributed by atoms with E-state index in [4.69, 9.17) is 14.2 Å². The van der Waals surface area contributed by atoms with Gasteiger partial charge in [-0.15, -0.1) is 0 Å². The largest absolute Gasteiger partial charge is 0.389 e. The average molecular weight is 235 g/mol. The van der Waals surface area contributed by atoms with Gasteiger partial charge in [0.2, 0.25) is 0 Å². The van der Waals surface area contributed by atoms with Gasteiger partial charge in [-0.05, 0) is 13.8 Å². The molecule has 0 bridgehead atoms. The van der Waals surface area contributed by atoms with Crippen LogP contribution in [0.2, 0.25) is 0 Å². The minimum Gasteiger partial charge on any atom is -0.389 e. The van der Waals surface area contributed by atoms with Crippen molar-refractivity contribution in [1.82, 2.24) is 5.32 Å². The van der Waals surface area contributed by atoms with Gasteiger partial charge in [-0.3, -0.25) is 0 Å². The molecule has 0 rings (SSSR count). The number of rotatable bonds is 10. The Morgan fingerprint density at radius 2 is 1.94 bits per heavy atom. The predicted octanol–water partition coefficient (Wildman–Crippen LogP) is 0.0249. The number of nitrogens with one attached hydrogen (secondary N) is 1. The van der Waals surface area contributed by atoms with Crippen molar-refractivity contribution in [2.45, 2.75) is 25.6 Å². The van der Waals surface area contributed by atoms with Gasteiger partial charge in [0, 0.05) is 27.3 Å². The Morgan fingerprint density at radius 1 is 1.25 bits per heavy atom. The van der Waals surface area contributed by atoms with Gasteiger partial charge in [-0.1, -0.05) is 0 Å². The quantitative estimate of drug-likeness (QED) is 0.523. The van der Waals surface area contributed by atoms with Crippen molar-refractivity contribution in [2.75, 3.05) is 47.1 Å². The van der Waals surface area contributed by atoms with E-state index in [1.165, 1.54) is 0 Å². The van der Waals surface area contributed by atoms with Gasteiger partial charge >= 0.3 is 0 Å². The Labute approximate surface area is 98.1 Å². The summed E-state index contributed by atoms with van der Waals surface area (Å²) in [5.74, 6) is 0. The molecule has 2 N–H and O–H groups in total. The summed E-state index contributed by atoms with van der Waals surface area (Å²) in [6.07, 6.45) is -0.496. The van der Waals surface area contributed by atoms with E-state index in [0.717, 1.165) is 0 Å². The van der Waals surface area contributed by atoms with E-state index in [1.54, 1.807) is 14.2 Å². The summed E-state index contributed by atoms with van der Waals surface area (Å²) >= 11 is 0. The zero-order valence-corrected chi connectivity index (χ0v) is 10.8. The maximum atomic E-state index is 9.55. The van der Waals surface area contributed by atoms with E-state index in [-0.39, 0.29) is 5.60 Å². The van der Waals surface area contributed by atoms with E-state index in [0.29, 0.717) is 32.9 Å². The van der Waals surface area contributed by atoms with Crippen LogP contribution in [0.4, 0.5) is 0 Å². The SMILES string of the molecule is COCCOCC(O)CNCC(C)(C)OC. The second kappa shape index (κ2) is 8.90. The molecule has 0 heterocycles. The Kier molecular flexibility index (Phi) is 8.78. The first kappa shape index (κ1) is 15.8. The molecule has 0 saturated carbocycles. The number of aliphatic hydroxyl groups excluding tert-OH is 1. The molecule has 0 spiro atoms. The Bertz CT molecular complexity index is 164. The average Bonchev–Trinajstić information content (AvgIpc) is 2.24. The summed E-state index contributed by atoms with van der Waals surface area (Å²) in [4.78, 5) is 0. The van der Waals surface area contributed by atoms with Crippen LogP contribution in [0, 0.1) is 0 Å². The Hall–Kier alpha value is -0.200. The van der Waals surface area contributed by atoms with Crippen LogP contribution in [0.1, 0.15) is 13.8 Å². The third kappa shape index (κ3) is 9.06. The zero-order valence-electron chi connectivity index (χ0n) is 10.8. The number of ether oxygens (including phenoxy) is 3. The number of methoxy groups -OCH3 is 2. The molecule has 16 heavy (non-hydrogen) atoms. The van der Waals surface area contributed by atoms with Gasteiger partial charge in [0.1, 0.15) is 0 Å². The summed E-state index contributed by atoms with van der Waals surface area (Å²) in [5, 5.41) is 12.7. The number of hydrogen-bond donors (Lipinski definition) is 2. The first-order valence-electron chi connectivity index (χ1n) is 5.52. The van der Waals surface area contributed by atoms with Crippen molar-refractivity contribution in [1.29, 1.82) is 0 Å². The van der Waals surface area contributed by atoms with Crippen LogP contribution < -0.4 is 5.32 Å². The van der Waals surface area contributed by atoms with Gasteiger partial charge in [0.05, 0.1) is 31.5 Å². The van der Waals surface area contributed by atoms with E-state index in [1.807, 2.05) is 13.8 Å². The lowest BCUT2D eigenvalue weighted by atomic mass is 10.1. The highest BCUT2D eigenvalue weighted by atomic mass is 16.5. The fourth-order valence-electron chi connectivity index (χ4n) is 1.03. The number of hydrogen-bond acceptors (Lipinski definition) is 5. The van der Waals surface area contributed by atoms with Crippen LogP contribution in [0.15, 0.2) is 0 Å². The third-order valence-corrected chi connectivity index (χ3v) is 2.23. The van der Waals surface area contributed by atoms with Gasteiger partial charge in [-0.2, -0.15) is 0 Å². The van der Waals surface area contributed by atoms with Gasteiger partial charge in [0.15, 0.2) is 0 Å². The molecule has 0 aliphatic rings. The van der Waals surface area contributed by atoms with Crippen molar-refractivity contribution in [3.05, 3.63) is 0 Å². The highest BCUT2D eigenvalue weighted by molar-refractivity contribution is 4.72. The molecule has 0 aliphatic carbocycles. The fourth-order valence-corrected chi connectivity index (χ4v) is 1.03. The zero-order chi connectivity index (χ0) is 12.4. The van der Waals surface area contributed by atoms with Crippen molar-refractivity contribution in [3.63, 3.8) is 0 Å². The van der Waals surface area contributed by atoms with E-state index in [2.05, 4.69) is 5.32 Å².